The molecule has 1 saturated carbocycles. The number of rotatable bonds is 4. The van der Waals surface area contributed by atoms with Crippen LogP contribution in [0.15, 0.2) is 30.6 Å². The Kier molecular flexibility index (Phi) is 3.62. The third kappa shape index (κ3) is 2.93. The summed E-state index contributed by atoms with van der Waals surface area (Å²) in [6.45, 7) is 2.53. The number of aromatic nitrogens is 4. The smallest absolute Gasteiger partial charge is 0.242 e. The van der Waals surface area contributed by atoms with Crippen molar-refractivity contribution in [2.75, 3.05) is 31.3 Å². The molecular weight excluding hydrogens is 372 g/mol. The van der Waals surface area contributed by atoms with Crippen molar-refractivity contribution >= 4 is 17.2 Å². The zero-order valence-corrected chi connectivity index (χ0v) is 15.8. The maximum Gasteiger partial charge on any atom is 0.242 e. The second-order valence-corrected chi connectivity index (χ2v) is 7.75. The molecular formula is C20H20N6O3. The quantitative estimate of drug-likeness (QED) is 0.666. The first-order chi connectivity index (χ1) is 14.2. The molecule has 3 aromatic rings. The van der Waals surface area contributed by atoms with Crippen LogP contribution in [0.25, 0.3) is 5.65 Å². The van der Waals surface area contributed by atoms with Gasteiger partial charge in [-0.25, -0.2) is 0 Å². The van der Waals surface area contributed by atoms with Gasteiger partial charge in [-0.3, -0.25) is 4.79 Å². The lowest BCUT2D eigenvalue weighted by Gasteiger charge is -2.35. The summed E-state index contributed by atoms with van der Waals surface area (Å²) in [7, 11) is 0. The van der Waals surface area contributed by atoms with Gasteiger partial charge in [0.1, 0.15) is 6.33 Å². The van der Waals surface area contributed by atoms with Crippen LogP contribution in [0.5, 0.6) is 11.5 Å². The molecule has 2 aliphatic heterocycles. The minimum atomic E-state index is 0.0939. The summed E-state index contributed by atoms with van der Waals surface area (Å²) in [6, 6.07) is 7.92. The van der Waals surface area contributed by atoms with Crippen LogP contribution < -0.4 is 14.4 Å². The first-order valence-corrected chi connectivity index (χ1v) is 9.87. The SMILES string of the molecule is O=C1CN(c2cc(C3CC3)nn3cnnc23)CCN1Cc1ccc2c(c1)OCO2. The zero-order valence-electron chi connectivity index (χ0n) is 15.8. The highest BCUT2D eigenvalue weighted by Crippen LogP contribution is 2.40. The Balaban J connectivity index is 1.21. The fraction of sp³-hybridized carbons (Fsp3) is 0.400. The Morgan fingerprint density at radius 1 is 1.10 bits per heavy atom. The summed E-state index contributed by atoms with van der Waals surface area (Å²) < 4.78 is 12.5. The number of nitrogens with zero attached hydrogens (tertiary/aromatic N) is 6. The minimum absolute atomic E-state index is 0.0939. The van der Waals surface area contributed by atoms with Gasteiger partial charge in [0.05, 0.1) is 17.9 Å². The fourth-order valence-electron chi connectivity index (χ4n) is 3.98. The number of ether oxygens (including phenoxy) is 2. The standard InChI is InChI=1S/C20H20N6O3/c27-19-10-24(16-8-15(14-2-3-14)23-26-11-21-22-20(16)26)5-6-25(19)9-13-1-4-17-18(7-13)29-12-28-17/h1,4,7-8,11,14H,2-3,5-6,9-10,12H2. The van der Waals surface area contributed by atoms with Crippen LogP contribution in [0.4, 0.5) is 5.69 Å². The number of anilines is 1. The van der Waals surface area contributed by atoms with Crippen LogP contribution in [-0.2, 0) is 11.3 Å². The lowest BCUT2D eigenvalue weighted by molar-refractivity contribution is -0.131. The van der Waals surface area contributed by atoms with E-state index < -0.39 is 0 Å². The number of carbonyl (C=O) groups is 1. The van der Waals surface area contributed by atoms with Crippen molar-refractivity contribution in [2.45, 2.75) is 25.3 Å². The first-order valence-electron chi connectivity index (χ1n) is 9.87. The van der Waals surface area contributed by atoms with Gasteiger partial charge in [-0.1, -0.05) is 6.07 Å². The van der Waals surface area contributed by atoms with Gasteiger partial charge in [0.15, 0.2) is 11.5 Å². The minimum Gasteiger partial charge on any atom is -0.454 e. The van der Waals surface area contributed by atoms with Crippen molar-refractivity contribution in [3.8, 4) is 11.5 Å². The number of carbonyl (C=O) groups excluding carboxylic acids is 1. The van der Waals surface area contributed by atoms with E-state index in [0.29, 0.717) is 31.2 Å². The van der Waals surface area contributed by atoms with Gasteiger partial charge in [0, 0.05) is 25.6 Å². The van der Waals surface area contributed by atoms with Gasteiger partial charge in [0.25, 0.3) is 0 Å². The fourth-order valence-corrected chi connectivity index (χ4v) is 3.98. The van der Waals surface area contributed by atoms with E-state index in [2.05, 4.69) is 26.3 Å². The molecule has 0 bridgehead atoms. The molecule has 0 radical (unpaired) electrons. The number of piperazine rings is 1. The summed E-state index contributed by atoms with van der Waals surface area (Å²) in [6.07, 6.45) is 3.97. The largest absolute Gasteiger partial charge is 0.454 e. The number of benzene rings is 1. The van der Waals surface area contributed by atoms with E-state index in [9.17, 15) is 4.79 Å². The number of hydrogen-bond donors (Lipinski definition) is 0. The summed E-state index contributed by atoms with van der Waals surface area (Å²) >= 11 is 0. The molecule has 1 aromatic carbocycles. The molecule has 2 fully saturated rings. The third-order valence-electron chi connectivity index (χ3n) is 5.73. The molecule has 2 aromatic heterocycles. The average molecular weight is 392 g/mol. The zero-order chi connectivity index (χ0) is 19.4. The highest BCUT2D eigenvalue weighted by molar-refractivity contribution is 5.85. The van der Waals surface area contributed by atoms with Crippen LogP contribution in [-0.4, -0.2) is 57.0 Å². The van der Waals surface area contributed by atoms with Crippen molar-refractivity contribution < 1.29 is 14.3 Å². The molecule has 1 aliphatic carbocycles. The van der Waals surface area contributed by atoms with Crippen LogP contribution in [0.2, 0.25) is 0 Å². The monoisotopic (exact) mass is 392 g/mol. The summed E-state index contributed by atoms with van der Waals surface area (Å²) in [4.78, 5) is 16.9. The molecule has 0 N–H and O–H groups in total. The van der Waals surface area contributed by atoms with Crippen molar-refractivity contribution in [1.82, 2.24) is 24.7 Å². The molecule has 9 heteroatoms. The van der Waals surface area contributed by atoms with Crippen LogP contribution in [0.1, 0.15) is 30.0 Å². The predicted octanol–water partition coefficient (Wildman–Crippen LogP) is 1.58. The van der Waals surface area contributed by atoms with E-state index in [1.807, 2.05) is 23.1 Å². The molecule has 148 valence electrons. The summed E-state index contributed by atoms with van der Waals surface area (Å²) in [5, 5.41) is 12.8. The molecule has 6 rings (SSSR count). The van der Waals surface area contributed by atoms with Gasteiger partial charge in [0.2, 0.25) is 18.3 Å². The highest BCUT2D eigenvalue weighted by atomic mass is 16.7. The Hall–Kier alpha value is -3.36. The van der Waals surface area contributed by atoms with Crippen molar-refractivity contribution in [1.29, 1.82) is 0 Å². The van der Waals surface area contributed by atoms with Gasteiger partial charge in [-0.05, 0) is 36.6 Å². The molecule has 0 spiro atoms. The third-order valence-corrected chi connectivity index (χ3v) is 5.73. The number of hydrogen-bond acceptors (Lipinski definition) is 7. The highest BCUT2D eigenvalue weighted by Gasteiger charge is 2.30. The number of fused-ring (bicyclic) bond motifs is 2. The molecule has 0 atom stereocenters. The Labute approximate surface area is 166 Å². The van der Waals surface area contributed by atoms with E-state index >= 15 is 0 Å². The average Bonchev–Trinajstić information content (AvgIpc) is 3.29. The van der Waals surface area contributed by atoms with Crippen molar-refractivity contribution in [2.24, 2.45) is 0 Å². The molecule has 1 saturated heterocycles. The van der Waals surface area contributed by atoms with Crippen molar-refractivity contribution in [3.63, 3.8) is 0 Å². The topological polar surface area (TPSA) is 85.1 Å². The Morgan fingerprint density at radius 3 is 2.86 bits per heavy atom. The normalized spacial score (nSPS) is 18.7. The van der Waals surface area contributed by atoms with E-state index in [-0.39, 0.29) is 12.7 Å². The molecule has 3 aliphatic rings. The number of amides is 1. The molecule has 29 heavy (non-hydrogen) atoms. The van der Waals surface area contributed by atoms with E-state index in [4.69, 9.17) is 9.47 Å². The van der Waals surface area contributed by atoms with Gasteiger partial charge < -0.3 is 19.3 Å². The van der Waals surface area contributed by atoms with Crippen LogP contribution in [0, 0.1) is 0 Å². The Morgan fingerprint density at radius 2 is 2.00 bits per heavy atom. The van der Waals surface area contributed by atoms with E-state index in [1.54, 1.807) is 10.8 Å². The second kappa shape index (κ2) is 6.33. The lowest BCUT2D eigenvalue weighted by atomic mass is 10.1. The van der Waals surface area contributed by atoms with E-state index in [0.717, 1.165) is 35.0 Å². The molecule has 1 amide bonds. The van der Waals surface area contributed by atoms with Crippen LogP contribution >= 0.6 is 0 Å². The first kappa shape index (κ1) is 16.6. The molecule has 0 unspecified atom stereocenters. The maximum atomic E-state index is 12.9. The van der Waals surface area contributed by atoms with Gasteiger partial charge in [-0.2, -0.15) is 9.61 Å². The predicted molar refractivity (Wildman–Crippen MR) is 103 cm³/mol. The maximum absolute atomic E-state index is 12.9. The summed E-state index contributed by atoms with van der Waals surface area (Å²) in [5.41, 5.74) is 3.74. The van der Waals surface area contributed by atoms with E-state index in [1.165, 1.54) is 12.8 Å². The second-order valence-electron chi connectivity index (χ2n) is 7.75. The van der Waals surface area contributed by atoms with Crippen LogP contribution in [0.3, 0.4) is 0 Å². The van der Waals surface area contributed by atoms with Gasteiger partial charge in [-0.15, -0.1) is 10.2 Å². The lowest BCUT2D eigenvalue weighted by Crippen LogP contribution is -2.50. The van der Waals surface area contributed by atoms with Crippen molar-refractivity contribution in [3.05, 3.63) is 41.9 Å². The molecule has 4 heterocycles. The van der Waals surface area contributed by atoms with Gasteiger partial charge >= 0.3 is 0 Å². The Bertz CT molecular complexity index is 1110. The molecule has 9 nitrogen and oxygen atoms in total. The summed E-state index contributed by atoms with van der Waals surface area (Å²) in [5.74, 6) is 2.11.